The molecule has 0 fully saturated rings. The Morgan fingerprint density at radius 3 is 2.59 bits per heavy atom. The third-order valence-electron chi connectivity index (χ3n) is 3.89. The van der Waals surface area contributed by atoms with E-state index in [0.29, 0.717) is 17.9 Å². The molecule has 1 aliphatic rings. The van der Waals surface area contributed by atoms with E-state index in [9.17, 15) is 10.1 Å². The van der Waals surface area contributed by atoms with E-state index in [1.54, 1.807) is 13.0 Å². The summed E-state index contributed by atoms with van der Waals surface area (Å²) in [5.41, 5.74) is 0.566. The lowest BCUT2D eigenvalue weighted by atomic mass is 10.0. The van der Waals surface area contributed by atoms with E-state index >= 15 is 0 Å². The lowest BCUT2D eigenvalue weighted by molar-refractivity contribution is -0.295. The Balaban J connectivity index is 2.24. The van der Waals surface area contributed by atoms with Gasteiger partial charge in [0.2, 0.25) is 5.72 Å². The number of para-hydroxylation sites is 1. The number of ether oxygens (including phenoxy) is 1. The second kappa shape index (κ2) is 5.87. The number of benzene rings is 1. The van der Waals surface area contributed by atoms with Crippen LogP contribution in [-0.4, -0.2) is 31.8 Å². The molecule has 1 aliphatic heterocycles. The summed E-state index contributed by atoms with van der Waals surface area (Å²) in [5, 5.41) is 9.34. The molecule has 2 rings (SSSR count). The maximum absolute atomic E-state index is 12.5. The second-order valence-corrected chi connectivity index (χ2v) is 12.5. The number of carbonyl (C=O) groups is 1. The van der Waals surface area contributed by atoms with Crippen molar-refractivity contribution in [1.82, 2.24) is 0 Å². The Hall–Kier alpha value is -1.63. The Kier molecular flexibility index (Phi) is 4.46. The monoisotopic (exact) mass is 321 g/mol. The molecule has 1 amide bonds. The number of anilines is 1. The van der Waals surface area contributed by atoms with Gasteiger partial charge < -0.3 is 4.74 Å². The minimum absolute atomic E-state index is 0.362. The summed E-state index contributed by atoms with van der Waals surface area (Å²) in [7, 11) is -1.29. The molecule has 1 atom stereocenters. The highest BCUT2D eigenvalue weighted by Gasteiger charge is 2.49. The first-order valence-corrected chi connectivity index (χ1v) is 11.0. The van der Waals surface area contributed by atoms with E-state index in [1.165, 1.54) is 4.90 Å². The average molecular weight is 321 g/mol. The summed E-state index contributed by atoms with van der Waals surface area (Å²) in [4.78, 5) is 18.4. The van der Waals surface area contributed by atoms with E-state index in [-0.39, 0.29) is 0 Å². The summed E-state index contributed by atoms with van der Waals surface area (Å²) >= 11 is 0. The van der Waals surface area contributed by atoms with Crippen LogP contribution in [0.1, 0.15) is 12.5 Å². The van der Waals surface area contributed by atoms with Gasteiger partial charge in [0.15, 0.2) is 0 Å². The molecule has 1 aromatic rings. The Morgan fingerprint density at radius 1 is 1.36 bits per heavy atom. The molecule has 22 heavy (non-hydrogen) atoms. The fourth-order valence-corrected chi connectivity index (χ4v) is 3.13. The van der Waals surface area contributed by atoms with Crippen LogP contribution in [-0.2, 0) is 9.62 Å². The van der Waals surface area contributed by atoms with E-state index in [1.807, 2.05) is 18.2 Å². The molecule has 120 valence electrons. The number of fused-ring (bicyclic) bond motifs is 1. The number of hydrogen-bond donors (Lipinski definition) is 1. The van der Waals surface area contributed by atoms with Crippen molar-refractivity contribution >= 4 is 25.4 Å². The lowest BCUT2D eigenvalue weighted by Gasteiger charge is -2.32. The van der Waals surface area contributed by atoms with Gasteiger partial charge >= 0.3 is 6.09 Å². The summed E-state index contributed by atoms with van der Waals surface area (Å²) < 4.78 is 5.39. The van der Waals surface area contributed by atoms with Crippen LogP contribution in [0.15, 0.2) is 30.8 Å². The van der Waals surface area contributed by atoms with Crippen molar-refractivity contribution in [3.8, 4) is 0 Å². The van der Waals surface area contributed by atoms with Gasteiger partial charge in [0.1, 0.15) is 0 Å². The van der Waals surface area contributed by atoms with Crippen molar-refractivity contribution < 1.29 is 19.7 Å². The van der Waals surface area contributed by atoms with Crippen molar-refractivity contribution in [2.45, 2.75) is 38.3 Å². The third-order valence-corrected chi connectivity index (χ3v) is 5.60. The smallest absolute Gasteiger partial charge is 0.417 e. The fraction of sp³-hybridized carbons (Fsp3) is 0.438. The molecule has 0 bridgehead atoms. The molecule has 1 aromatic carbocycles. The zero-order valence-electron chi connectivity index (χ0n) is 13.5. The van der Waals surface area contributed by atoms with Gasteiger partial charge in [0.25, 0.3) is 0 Å². The SMILES string of the molecule is C=C1c2ccccc2N(C(=O)OCC[Si](C)(C)C)C1(C)OO. The van der Waals surface area contributed by atoms with Crippen LogP contribution in [0.25, 0.3) is 5.57 Å². The van der Waals surface area contributed by atoms with Gasteiger partial charge in [-0.1, -0.05) is 44.4 Å². The summed E-state index contributed by atoms with van der Waals surface area (Å²) in [6, 6.07) is 8.17. The molecule has 0 spiro atoms. The maximum Gasteiger partial charge on any atom is 0.417 e. The molecule has 1 N–H and O–H groups in total. The minimum atomic E-state index is -1.35. The normalized spacial score (nSPS) is 21.0. The Morgan fingerprint density at radius 2 is 2.00 bits per heavy atom. The van der Waals surface area contributed by atoms with Gasteiger partial charge in [-0.05, 0) is 19.0 Å². The molecule has 0 radical (unpaired) electrons. The predicted octanol–water partition coefficient (Wildman–Crippen LogP) is 4.20. The van der Waals surface area contributed by atoms with Crippen LogP contribution in [0.2, 0.25) is 25.7 Å². The number of nitrogens with zero attached hydrogens (tertiary/aromatic N) is 1. The quantitative estimate of drug-likeness (QED) is 0.513. The van der Waals surface area contributed by atoms with Gasteiger partial charge in [-0.2, -0.15) is 0 Å². The van der Waals surface area contributed by atoms with Crippen LogP contribution in [0.5, 0.6) is 0 Å². The molecule has 6 heteroatoms. The molecular formula is C16H23NO4Si. The topological polar surface area (TPSA) is 59.0 Å². The average Bonchev–Trinajstić information content (AvgIpc) is 2.67. The van der Waals surface area contributed by atoms with Crippen molar-refractivity contribution in [1.29, 1.82) is 0 Å². The van der Waals surface area contributed by atoms with E-state index < -0.39 is 19.9 Å². The summed E-state index contributed by atoms with van der Waals surface area (Å²) in [5.74, 6) is 0. The highest BCUT2D eigenvalue weighted by Crippen LogP contribution is 2.46. The lowest BCUT2D eigenvalue weighted by Crippen LogP contribution is -2.49. The van der Waals surface area contributed by atoms with Crippen LogP contribution >= 0.6 is 0 Å². The number of hydrogen-bond acceptors (Lipinski definition) is 4. The van der Waals surface area contributed by atoms with Crippen molar-refractivity contribution in [2.24, 2.45) is 0 Å². The fourth-order valence-electron chi connectivity index (χ4n) is 2.42. The molecule has 0 saturated heterocycles. The highest BCUT2D eigenvalue weighted by molar-refractivity contribution is 6.76. The second-order valence-electron chi connectivity index (χ2n) is 6.83. The number of rotatable bonds is 4. The first-order valence-electron chi connectivity index (χ1n) is 7.29. The molecule has 0 saturated carbocycles. The van der Waals surface area contributed by atoms with Gasteiger partial charge in [0.05, 0.1) is 12.3 Å². The van der Waals surface area contributed by atoms with Crippen LogP contribution < -0.4 is 4.90 Å². The Bertz CT molecular complexity index is 596. The van der Waals surface area contributed by atoms with Crippen LogP contribution in [0, 0.1) is 0 Å². The largest absolute Gasteiger partial charge is 0.449 e. The number of amides is 1. The van der Waals surface area contributed by atoms with Crippen molar-refractivity contribution in [2.75, 3.05) is 11.5 Å². The zero-order chi connectivity index (χ0) is 16.5. The first-order chi connectivity index (χ1) is 10.2. The molecule has 1 heterocycles. The summed E-state index contributed by atoms with van der Waals surface area (Å²) in [6.45, 7) is 12.5. The van der Waals surface area contributed by atoms with E-state index in [2.05, 4.69) is 31.1 Å². The first kappa shape index (κ1) is 16.7. The van der Waals surface area contributed by atoms with Crippen LogP contribution in [0.3, 0.4) is 0 Å². The molecule has 0 aliphatic carbocycles. The van der Waals surface area contributed by atoms with Crippen molar-refractivity contribution in [3.05, 3.63) is 36.4 Å². The molecular weight excluding hydrogens is 298 g/mol. The summed E-state index contributed by atoms with van der Waals surface area (Å²) in [6.07, 6.45) is -0.541. The molecule has 5 nitrogen and oxygen atoms in total. The standard InChI is InChI=1S/C16H23NO4Si/c1-12-13-8-6-7-9-14(13)17(16(12,2)21-19)15(18)20-10-11-22(3,4)5/h6-9,19H,1,10-11H2,2-5H3. The van der Waals surface area contributed by atoms with E-state index in [4.69, 9.17) is 4.74 Å². The minimum Gasteiger partial charge on any atom is -0.449 e. The zero-order valence-corrected chi connectivity index (χ0v) is 14.5. The van der Waals surface area contributed by atoms with Crippen LogP contribution in [0.4, 0.5) is 10.5 Å². The third kappa shape index (κ3) is 2.95. The van der Waals surface area contributed by atoms with Gasteiger partial charge in [0, 0.05) is 19.2 Å². The van der Waals surface area contributed by atoms with E-state index in [0.717, 1.165) is 11.6 Å². The van der Waals surface area contributed by atoms with Gasteiger partial charge in [-0.25, -0.2) is 19.8 Å². The highest BCUT2D eigenvalue weighted by atomic mass is 28.3. The Labute approximate surface area is 132 Å². The van der Waals surface area contributed by atoms with Crippen molar-refractivity contribution in [3.63, 3.8) is 0 Å². The van der Waals surface area contributed by atoms with Gasteiger partial charge in [-0.3, -0.25) is 0 Å². The maximum atomic E-state index is 12.5. The molecule has 0 aromatic heterocycles. The van der Waals surface area contributed by atoms with Gasteiger partial charge in [-0.15, -0.1) is 0 Å². The number of carbonyl (C=O) groups excluding carboxylic acids is 1. The predicted molar refractivity (Wildman–Crippen MR) is 89.6 cm³/mol. The molecule has 1 unspecified atom stereocenters.